The first kappa shape index (κ1) is 15.7. The third-order valence-electron chi connectivity index (χ3n) is 4.32. The van der Waals surface area contributed by atoms with Crippen LogP contribution in [-0.4, -0.2) is 0 Å². The van der Waals surface area contributed by atoms with Crippen molar-refractivity contribution in [1.29, 1.82) is 0 Å². The van der Waals surface area contributed by atoms with Gasteiger partial charge in [-0.3, -0.25) is 0 Å². The highest BCUT2D eigenvalue weighted by molar-refractivity contribution is 6.30. The van der Waals surface area contributed by atoms with Gasteiger partial charge in [0.2, 0.25) is 0 Å². The van der Waals surface area contributed by atoms with Gasteiger partial charge < -0.3 is 0 Å². The molecule has 0 nitrogen and oxygen atoms in total. The van der Waals surface area contributed by atoms with Crippen LogP contribution in [0.5, 0.6) is 0 Å². The lowest BCUT2D eigenvalue weighted by atomic mass is 9.96. The average molecular weight is 341 g/mol. The van der Waals surface area contributed by atoms with E-state index in [1.54, 1.807) is 0 Å². The molecule has 0 radical (unpaired) electrons. The summed E-state index contributed by atoms with van der Waals surface area (Å²) >= 11 is 6.14. The van der Waals surface area contributed by atoms with E-state index in [9.17, 15) is 0 Å². The second-order valence-electron chi connectivity index (χ2n) is 6.04. The summed E-state index contributed by atoms with van der Waals surface area (Å²) in [6, 6.07) is 35.7. The van der Waals surface area contributed by atoms with Crippen LogP contribution in [0.1, 0.15) is 0 Å². The maximum Gasteiger partial charge on any atom is 0.0412 e. The predicted molar refractivity (Wildman–Crippen MR) is 108 cm³/mol. The Morgan fingerprint density at radius 1 is 0.360 bits per heavy atom. The van der Waals surface area contributed by atoms with Crippen molar-refractivity contribution in [3.63, 3.8) is 0 Å². The van der Waals surface area contributed by atoms with Gasteiger partial charge in [-0.25, -0.2) is 0 Å². The monoisotopic (exact) mass is 340 g/mol. The van der Waals surface area contributed by atoms with Crippen LogP contribution in [0.25, 0.3) is 33.4 Å². The molecule has 0 fully saturated rings. The van der Waals surface area contributed by atoms with Crippen molar-refractivity contribution < 1.29 is 0 Å². The molecule has 0 aliphatic carbocycles. The van der Waals surface area contributed by atoms with Gasteiger partial charge >= 0.3 is 0 Å². The van der Waals surface area contributed by atoms with Crippen LogP contribution in [0.2, 0.25) is 5.02 Å². The molecule has 0 saturated heterocycles. The highest BCUT2D eigenvalue weighted by atomic mass is 35.5. The van der Waals surface area contributed by atoms with Gasteiger partial charge in [0.15, 0.2) is 0 Å². The summed E-state index contributed by atoms with van der Waals surface area (Å²) in [6.07, 6.45) is 0. The number of hydrogen-bond acceptors (Lipinski definition) is 0. The van der Waals surface area contributed by atoms with E-state index in [0.29, 0.717) is 0 Å². The minimum Gasteiger partial charge on any atom is -0.0843 e. The van der Waals surface area contributed by atoms with Gasteiger partial charge in [-0.1, -0.05) is 90.5 Å². The van der Waals surface area contributed by atoms with E-state index in [4.69, 9.17) is 11.6 Å². The minimum atomic E-state index is 0.758. The maximum absolute atomic E-state index is 6.14. The summed E-state index contributed by atoms with van der Waals surface area (Å²) in [6.45, 7) is 0. The van der Waals surface area contributed by atoms with Gasteiger partial charge in [0, 0.05) is 5.02 Å². The Morgan fingerprint density at radius 3 is 1.28 bits per heavy atom. The van der Waals surface area contributed by atoms with Crippen molar-refractivity contribution in [3.05, 3.63) is 108 Å². The fourth-order valence-corrected chi connectivity index (χ4v) is 3.25. The van der Waals surface area contributed by atoms with Crippen LogP contribution in [0, 0.1) is 0 Å². The van der Waals surface area contributed by atoms with Crippen molar-refractivity contribution >= 4 is 11.6 Å². The molecule has 0 bridgehead atoms. The molecule has 0 atom stereocenters. The van der Waals surface area contributed by atoms with Gasteiger partial charge in [-0.2, -0.15) is 0 Å². The van der Waals surface area contributed by atoms with Gasteiger partial charge in [0.25, 0.3) is 0 Å². The quantitative estimate of drug-likeness (QED) is 0.366. The van der Waals surface area contributed by atoms with Crippen molar-refractivity contribution in [1.82, 2.24) is 0 Å². The van der Waals surface area contributed by atoms with E-state index in [0.717, 1.165) is 10.6 Å². The third kappa shape index (κ3) is 3.50. The number of benzene rings is 4. The van der Waals surface area contributed by atoms with Crippen molar-refractivity contribution in [2.75, 3.05) is 0 Å². The topological polar surface area (TPSA) is 0 Å². The van der Waals surface area contributed by atoms with Crippen LogP contribution in [0.15, 0.2) is 103 Å². The third-order valence-corrected chi connectivity index (χ3v) is 4.56. The summed E-state index contributed by atoms with van der Waals surface area (Å²) in [4.78, 5) is 0. The molecule has 25 heavy (non-hydrogen) atoms. The SMILES string of the molecule is Clc1cccc(-c2cccc(-c3cccc(-c4ccccc4)c3)c2)c1. The zero-order valence-electron chi connectivity index (χ0n) is 13.7. The lowest BCUT2D eigenvalue weighted by Crippen LogP contribution is -1.83. The van der Waals surface area contributed by atoms with E-state index in [1.807, 2.05) is 24.3 Å². The summed E-state index contributed by atoms with van der Waals surface area (Å²) in [7, 11) is 0. The van der Waals surface area contributed by atoms with Gasteiger partial charge in [0.1, 0.15) is 0 Å². The molecular formula is C24H17Cl. The molecule has 1 heteroatoms. The second kappa shape index (κ2) is 6.96. The van der Waals surface area contributed by atoms with Crippen molar-refractivity contribution in [2.24, 2.45) is 0 Å². The Labute approximate surface area is 153 Å². The molecule has 0 aromatic heterocycles. The van der Waals surface area contributed by atoms with E-state index >= 15 is 0 Å². The lowest BCUT2D eigenvalue weighted by molar-refractivity contribution is 1.57. The zero-order chi connectivity index (χ0) is 17.1. The number of halogens is 1. The smallest absolute Gasteiger partial charge is 0.0412 e. The lowest BCUT2D eigenvalue weighted by Gasteiger charge is -2.09. The average Bonchev–Trinajstić information content (AvgIpc) is 2.69. The molecule has 0 spiro atoms. The normalized spacial score (nSPS) is 10.6. The molecule has 0 aliphatic heterocycles. The first-order valence-electron chi connectivity index (χ1n) is 8.31. The first-order chi connectivity index (χ1) is 12.3. The maximum atomic E-state index is 6.14. The molecule has 4 rings (SSSR count). The van der Waals surface area contributed by atoms with Gasteiger partial charge in [-0.15, -0.1) is 0 Å². The fourth-order valence-electron chi connectivity index (χ4n) is 3.06. The Morgan fingerprint density at radius 2 is 0.760 bits per heavy atom. The van der Waals surface area contributed by atoms with E-state index in [-0.39, 0.29) is 0 Å². The van der Waals surface area contributed by atoms with Crippen LogP contribution >= 0.6 is 11.6 Å². The first-order valence-corrected chi connectivity index (χ1v) is 8.69. The van der Waals surface area contributed by atoms with Crippen molar-refractivity contribution in [2.45, 2.75) is 0 Å². The molecule has 4 aromatic carbocycles. The summed E-state index contributed by atoms with van der Waals surface area (Å²) in [5.41, 5.74) is 7.18. The highest BCUT2D eigenvalue weighted by Gasteiger charge is 2.04. The van der Waals surface area contributed by atoms with Crippen LogP contribution < -0.4 is 0 Å². The Kier molecular flexibility index (Phi) is 4.37. The molecule has 0 aliphatic rings. The van der Waals surface area contributed by atoms with Crippen LogP contribution in [0.3, 0.4) is 0 Å². The Bertz CT molecular complexity index is 1000. The molecule has 0 saturated carbocycles. The molecular weight excluding hydrogens is 324 g/mol. The second-order valence-corrected chi connectivity index (χ2v) is 6.47. The fraction of sp³-hybridized carbons (Fsp3) is 0. The van der Waals surface area contributed by atoms with E-state index < -0.39 is 0 Å². The van der Waals surface area contributed by atoms with Gasteiger partial charge in [-0.05, 0) is 57.6 Å². The molecule has 0 unspecified atom stereocenters. The standard InChI is InChI=1S/C24H17Cl/c25-24-14-6-13-23(17-24)22-12-5-11-21(16-22)20-10-4-9-19(15-20)18-7-2-1-3-8-18/h1-17H. The van der Waals surface area contributed by atoms with E-state index in [2.05, 4.69) is 78.9 Å². The molecule has 120 valence electrons. The van der Waals surface area contributed by atoms with Crippen LogP contribution in [-0.2, 0) is 0 Å². The van der Waals surface area contributed by atoms with E-state index in [1.165, 1.54) is 27.8 Å². The van der Waals surface area contributed by atoms with Crippen molar-refractivity contribution in [3.8, 4) is 33.4 Å². The highest BCUT2D eigenvalue weighted by Crippen LogP contribution is 2.30. The molecule has 0 heterocycles. The summed E-state index contributed by atoms with van der Waals surface area (Å²) in [5, 5.41) is 0.758. The molecule has 4 aromatic rings. The molecule has 0 amide bonds. The van der Waals surface area contributed by atoms with Crippen LogP contribution in [0.4, 0.5) is 0 Å². The molecule has 0 N–H and O–H groups in total. The Hall–Kier alpha value is -2.83. The zero-order valence-corrected chi connectivity index (χ0v) is 14.4. The summed E-state index contributed by atoms with van der Waals surface area (Å²) < 4.78 is 0. The number of hydrogen-bond donors (Lipinski definition) is 0. The summed E-state index contributed by atoms with van der Waals surface area (Å²) in [5.74, 6) is 0. The Balaban J connectivity index is 1.75. The van der Waals surface area contributed by atoms with Gasteiger partial charge in [0.05, 0.1) is 0 Å². The minimum absolute atomic E-state index is 0.758. The largest absolute Gasteiger partial charge is 0.0843 e. The predicted octanol–water partition coefficient (Wildman–Crippen LogP) is 7.34. The number of rotatable bonds is 3.